The number of carbonyl (C=O) groups is 1. The van der Waals surface area contributed by atoms with Gasteiger partial charge in [-0.05, 0) is 44.5 Å². The number of carboxylic acids is 1. The number of aryl methyl sites for hydroxylation is 1. The summed E-state index contributed by atoms with van der Waals surface area (Å²) in [6, 6.07) is 5.87. The van der Waals surface area contributed by atoms with Crippen LogP contribution < -0.4 is 15.4 Å². The summed E-state index contributed by atoms with van der Waals surface area (Å²) in [6.45, 7) is 10.4. The Morgan fingerprint density at radius 1 is 1.39 bits per heavy atom. The Kier molecular flexibility index (Phi) is 6.49. The number of hydrogen-bond acceptors (Lipinski definition) is 5. The molecule has 1 saturated heterocycles. The molecule has 0 radical (unpaired) electrons. The van der Waals surface area contributed by atoms with Crippen LogP contribution in [0.3, 0.4) is 0 Å². The first-order chi connectivity index (χ1) is 13.5. The van der Waals surface area contributed by atoms with Gasteiger partial charge in [0.2, 0.25) is 0 Å². The van der Waals surface area contributed by atoms with E-state index in [1.807, 2.05) is 38.1 Å². The molecule has 2 aromatic rings. The van der Waals surface area contributed by atoms with Gasteiger partial charge in [0.1, 0.15) is 18.2 Å². The molecule has 150 valence electrons. The van der Waals surface area contributed by atoms with Gasteiger partial charge in [0.25, 0.3) is 0 Å². The number of imidazole rings is 1. The Morgan fingerprint density at radius 2 is 2.14 bits per heavy atom. The summed E-state index contributed by atoms with van der Waals surface area (Å²) in [5.41, 5.74) is 2.16. The quantitative estimate of drug-likeness (QED) is 0.776. The SMILES string of the molecule is CC=c1[nH]c(-c2ccc(OCCN3CCOCC3)cc2C)nc1=C(C)C(=O)O. The standard InChI is InChI=1S/C21H27N3O4/c1-4-18-19(15(3)21(25)26)23-20(22-18)17-6-5-16(13-14(17)2)28-12-9-24-7-10-27-11-8-24/h4-6,13H,7-12H2,1-3H3,(H,22,23)(H,25,26). The fourth-order valence-electron chi connectivity index (χ4n) is 3.22. The highest BCUT2D eigenvalue weighted by molar-refractivity contribution is 6.07. The molecule has 1 aromatic carbocycles. The molecule has 28 heavy (non-hydrogen) atoms. The third-order valence-corrected chi connectivity index (χ3v) is 4.93. The average Bonchev–Trinajstić information content (AvgIpc) is 3.12. The van der Waals surface area contributed by atoms with Crippen molar-refractivity contribution in [3.8, 4) is 17.1 Å². The van der Waals surface area contributed by atoms with Crippen LogP contribution in [0.2, 0.25) is 0 Å². The number of aliphatic carboxylic acids is 1. The van der Waals surface area contributed by atoms with Gasteiger partial charge in [-0.2, -0.15) is 0 Å². The summed E-state index contributed by atoms with van der Waals surface area (Å²) in [7, 11) is 0. The summed E-state index contributed by atoms with van der Waals surface area (Å²) in [4.78, 5) is 21.4. The molecule has 3 rings (SSSR count). The Labute approximate surface area is 164 Å². The maximum atomic E-state index is 11.3. The van der Waals surface area contributed by atoms with Crippen LogP contribution in [0.4, 0.5) is 0 Å². The molecule has 0 atom stereocenters. The minimum atomic E-state index is -0.970. The molecule has 2 heterocycles. The van der Waals surface area contributed by atoms with E-state index in [1.54, 1.807) is 6.92 Å². The Hall–Kier alpha value is -2.64. The lowest BCUT2D eigenvalue weighted by molar-refractivity contribution is -0.130. The number of nitrogens with one attached hydrogen (secondary N) is 1. The number of nitrogens with zero attached hydrogens (tertiary/aromatic N) is 2. The van der Waals surface area contributed by atoms with E-state index < -0.39 is 5.97 Å². The second-order valence-corrected chi connectivity index (χ2v) is 6.85. The van der Waals surface area contributed by atoms with Gasteiger partial charge in [-0.25, -0.2) is 9.78 Å². The van der Waals surface area contributed by atoms with Crippen molar-refractivity contribution >= 4 is 17.6 Å². The van der Waals surface area contributed by atoms with E-state index in [1.165, 1.54) is 0 Å². The number of hydrogen-bond donors (Lipinski definition) is 2. The molecular formula is C21H27N3O4. The molecule has 1 aliphatic rings. The number of morpholine rings is 1. The molecule has 0 amide bonds. The molecule has 0 aliphatic carbocycles. The molecule has 0 saturated carbocycles. The van der Waals surface area contributed by atoms with E-state index in [0.29, 0.717) is 23.1 Å². The van der Waals surface area contributed by atoms with E-state index in [-0.39, 0.29) is 5.57 Å². The molecular weight excluding hydrogens is 358 g/mol. The maximum Gasteiger partial charge on any atom is 0.333 e. The Morgan fingerprint density at radius 3 is 2.79 bits per heavy atom. The molecule has 1 fully saturated rings. The largest absolute Gasteiger partial charge is 0.492 e. The van der Waals surface area contributed by atoms with Gasteiger partial charge in [-0.3, -0.25) is 4.90 Å². The van der Waals surface area contributed by atoms with E-state index >= 15 is 0 Å². The fraction of sp³-hybridized carbons (Fsp3) is 0.429. The fourth-order valence-corrected chi connectivity index (χ4v) is 3.22. The molecule has 2 N–H and O–H groups in total. The predicted molar refractivity (Wildman–Crippen MR) is 108 cm³/mol. The van der Waals surface area contributed by atoms with Gasteiger partial charge in [0.15, 0.2) is 0 Å². The number of H-pyrrole nitrogens is 1. The predicted octanol–water partition coefficient (Wildman–Crippen LogP) is 1.15. The van der Waals surface area contributed by atoms with Gasteiger partial charge < -0.3 is 19.6 Å². The number of aromatic nitrogens is 2. The van der Waals surface area contributed by atoms with Crippen LogP contribution in [-0.2, 0) is 9.53 Å². The van der Waals surface area contributed by atoms with Crippen LogP contribution in [0.5, 0.6) is 5.75 Å². The number of benzene rings is 1. The number of aromatic amines is 1. The van der Waals surface area contributed by atoms with Crippen molar-refractivity contribution in [1.29, 1.82) is 0 Å². The van der Waals surface area contributed by atoms with Crippen LogP contribution in [-0.4, -0.2) is 65.4 Å². The first kappa shape index (κ1) is 20.1. The summed E-state index contributed by atoms with van der Waals surface area (Å²) in [5, 5.41) is 10.4. The first-order valence-corrected chi connectivity index (χ1v) is 9.50. The topological polar surface area (TPSA) is 87.7 Å². The molecule has 0 spiro atoms. The van der Waals surface area contributed by atoms with Crippen molar-refractivity contribution in [1.82, 2.24) is 14.9 Å². The first-order valence-electron chi connectivity index (χ1n) is 9.50. The molecule has 1 aromatic heterocycles. The zero-order valence-corrected chi connectivity index (χ0v) is 16.6. The average molecular weight is 385 g/mol. The number of rotatable bonds is 6. The van der Waals surface area contributed by atoms with E-state index in [4.69, 9.17) is 9.47 Å². The minimum Gasteiger partial charge on any atom is -0.492 e. The monoisotopic (exact) mass is 385 g/mol. The summed E-state index contributed by atoms with van der Waals surface area (Å²) in [5.74, 6) is 0.500. The van der Waals surface area contributed by atoms with Crippen LogP contribution in [0.25, 0.3) is 23.0 Å². The molecule has 7 heteroatoms. The summed E-state index contributed by atoms with van der Waals surface area (Å²) < 4.78 is 11.3. The third kappa shape index (κ3) is 4.61. The molecule has 7 nitrogen and oxygen atoms in total. The Balaban J connectivity index is 1.76. The van der Waals surface area contributed by atoms with Crippen LogP contribution >= 0.6 is 0 Å². The van der Waals surface area contributed by atoms with Crippen molar-refractivity contribution in [3.63, 3.8) is 0 Å². The van der Waals surface area contributed by atoms with E-state index in [0.717, 1.165) is 49.7 Å². The second-order valence-electron chi connectivity index (χ2n) is 6.85. The third-order valence-electron chi connectivity index (χ3n) is 4.93. The van der Waals surface area contributed by atoms with Gasteiger partial charge in [0.05, 0.1) is 29.5 Å². The van der Waals surface area contributed by atoms with Crippen LogP contribution in [0.15, 0.2) is 18.2 Å². The highest BCUT2D eigenvalue weighted by Gasteiger charge is 2.12. The minimum absolute atomic E-state index is 0.219. The van der Waals surface area contributed by atoms with Gasteiger partial charge in [-0.15, -0.1) is 0 Å². The molecule has 1 aliphatic heterocycles. The summed E-state index contributed by atoms with van der Waals surface area (Å²) >= 11 is 0. The lowest BCUT2D eigenvalue weighted by atomic mass is 10.1. The van der Waals surface area contributed by atoms with Crippen molar-refractivity contribution in [3.05, 3.63) is 34.5 Å². The van der Waals surface area contributed by atoms with Gasteiger partial charge >= 0.3 is 5.97 Å². The van der Waals surface area contributed by atoms with Crippen LogP contribution in [0.1, 0.15) is 19.4 Å². The highest BCUT2D eigenvalue weighted by Crippen LogP contribution is 2.23. The van der Waals surface area contributed by atoms with Gasteiger partial charge in [-0.1, -0.05) is 6.08 Å². The maximum absolute atomic E-state index is 11.3. The number of ether oxygens (including phenoxy) is 2. The smallest absolute Gasteiger partial charge is 0.333 e. The lowest BCUT2D eigenvalue weighted by Crippen LogP contribution is -2.38. The second kappa shape index (κ2) is 9.03. The van der Waals surface area contributed by atoms with E-state index in [2.05, 4.69) is 14.9 Å². The zero-order chi connectivity index (χ0) is 20.1. The zero-order valence-electron chi connectivity index (χ0n) is 16.6. The highest BCUT2D eigenvalue weighted by atomic mass is 16.5. The lowest BCUT2D eigenvalue weighted by Gasteiger charge is -2.26. The van der Waals surface area contributed by atoms with Crippen molar-refractivity contribution < 1.29 is 19.4 Å². The molecule has 0 bridgehead atoms. The van der Waals surface area contributed by atoms with Crippen molar-refractivity contribution in [2.75, 3.05) is 39.5 Å². The summed E-state index contributed by atoms with van der Waals surface area (Å²) in [6.07, 6.45) is 1.83. The molecule has 0 unspecified atom stereocenters. The Bertz CT molecular complexity index is 959. The van der Waals surface area contributed by atoms with Crippen molar-refractivity contribution in [2.45, 2.75) is 20.8 Å². The van der Waals surface area contributed by atoms with E-state index in [9.17, 15) is 9.90 Å². The van der Waals surface area contributed by atoms with Gasteiger partial charge in [0, 0.05) is 25.2 Å². The normalized spacial score (nSPS) is 16.9. The van der Waals surface area contributed by atoms with Crippen molar-refractivity contribution in [2.24, 2.45) is 0 Å². The number of carboxylic acid groups (broad SMARTS) is 1. The van der Waals surface area contributed by atoms with Crippen LogP contribution in [0, 0.1) is 6.92 Å².